The second-order valence-corrected chi connectivity index (χ2v) is 7.93. The number of rotatable bonds is 3. The van der Waals surface area contributed by atoms with E-state index in [4.69, 9.17) is 4.74 Å². The van der Waals surface area contributed by atoms with Crippen LogP contribution in [0, 0.1) is 11.3 Å². The van der Waals surface area contributed by atoms with Gasteiger partial charge >= 0.3 is 0 Å². The van der Waals surface area contributed by atoms with Crippen LogP contribution in [0.15, 0.2) is 30.5 Å². The van der Waals surface area contributed by atoms with Crippen molar-refractivity contribution in [2.75, 3.05) is 38.1 Å². The summed E-state index contributed by atoms with van der Waals surface area (Å²) < 4.78 is 6.05. The van der Waals surface area contributed by atoms with Gasteiger partial charge in [-0.2, -0.15) is 5.26 Å². The summed E-state index contributed by atoms with van der Waals surface area (Å²) in [5.41, 5.74) is 2.24. The Kier molecular flexibility index (Phi) is 5.65. The van der Waals surface area contributed by atoms with Gasteiger partial charge in [0, 0.05) is 43.4 Å². The lowest BCUT2D eigenvalue weighted by atomic mass is 10.0. The molecule has 7 nitrogen and oxygen atoms in total. The van der Waals surface area contributed by atoms with Crippen LogP contribution in [-0.2, 0) is 9.53 Å². The molecule has 2 saturated heterocycles. The van der Waals surface area contributed by atoms with E-state index in [9.17, 15) is 10.1 Å². The van der Waals surface area contributed by atoms with E-state index in [-0.39, 0.29) is 18.1 Å². The zero-order valence-electron chi connectivity index (χ0n) is 17.0. The third-order valence-corrected chi connectivity index (χ3v) is 5.91. The maximum Gasteiger partial charge on any atom is 0.253 e. The van der Waals surface area contributed by atoms with Crippen molar-refractivity contribution >= 4 is 22.5 Å². The fraction of sp³-hybridized carbons (Fsp3) is 0.500. The highest BCUT2D eigenvalue weighted by molar-refractivity contribution is 5.95. The second kappa shape index (κ2) is 8.36. The number of anilines is 1. The van der Waals surface area contributed by atoms with Gasteiger partial charge in [-0.25, -0.2) is 0 Å². The number of likely N-dealkylation sites (N-methyl/N-ethyl adjacent to an activating group) is 1. The molecule has 152 valence electrons. The smallest absolute Gasteiger partial charge is 0.253 e. The SMILES string of the molecule is C[C@@H]1CN(c2ccc(C#N)c3ncccc23)C[C@H](C(=O)N(C)[C@@H]2CCCNC2)O1. The van der Waals surface area contributed by atoms with Gasteiger partial charge < -0.3 is 19.9 Å². The van der Waals surface area contributed by atoms with Crippen LogP contribution in [0.5, 0.6) is 0 Å². The van der Waals surface area contributed by atoms with E-state index in [0.29, 0.717) is 24.2 Å². The number of hydrogen-bond acceptors (Lipinski definition) is 6. The molecular weight excluding hydrogens is 366 g/mol. The minimum atomic E-state index is -0.506. The molecule has 0 unspecified atom stereocenters. The average molecular weight is 393 g/mol. The lowest BCUT2D eigenvalue weighted by Gasteiger charge is -2.41. The summed E-state index contributed by atoms with van der Waals surface area (Å²) in [4.78, 5) is 21.6. The van der Waals surface area contributed by atoms with Crippen molar-refractivity contribution < 1.29 is 9.53 Å². The minimum Gasteiger partial charge on any atom is -0.365 e. The number of nitriles is 1. The quantitative estimate of drug-likeness (QED) is 0.858. The number of nitrogens with one attached hydrogen (secondary N) is 1. The van der Waals surface area contributed by atoms with Gasteiger partial charge in [0.05, 0.1) is 23.7 Å². The van der Waals surface area contributed by atoms with Crippen molar-refractivity contribution in [3.63, 3.8) is 0 Å². The highest BCUT2D eigenvalue weighted by Crippen LogP contribution is 2.30. The Morgan fingerprint density at radius 3 is 3.00 bits per heavy atom. The molecule has 0 aliphatic carbocycles. The number of morpholine rings is 1. The number of carbonyl (C=O) groups excluding carboxylic acids is 1. The maximum absolute atomic E-state index is 13.2. The van der Waals surface area contributed by atoms with Crippen LogP contribution < -0.4 is 10.2 Å². The number of carbonyl (C=O) groups is 1. The topological polar surface area (TPSA) is 81.5 Å². The number of ether oxygens (including phenoxy) is 1. The van der Waals surface area contributed by atoms with Gasteiger partial charge in [-0.3, -0.25) is 9.78 Å². The summed E-state index contributed by atoms with van der Waals surface area (Å²) in [6.07, 6.45) is 3.23. The van der Waals surface area contributed by atoms with Crippen molar-refractivity contribution in [3.05, 3.63) is 36.0 Å². The molecule has 1 amide bonds. The van der Waals surface area contributed by atoms with E-state index in [1.165, 1.54) is 0 Å². The highest BCUT2D eigenvalue weighted by atomic mass is 16.5. The van der Waals surface area contributed by atoms with E-state index in [1.807, 2.05) is 37.1 Å². The Labute approximate surface area is 171 Å². The first kappa shape index (κ1) is 19.6. The monoisotopic (exact) mass is 393 g/mol. The zero-order chi connectivity index (χ0) is 20.4. The number of hydrogen-bond donors (Lipinski definition) is 1. The lowest BCUT2D eigenvalue weighted by Crippen LogP contribution is -2.56. The molecule has 7 heteroatoms. The number of fused-ring (bicyclic) bond motifs is 1. The molecule has 29 heavy (non-hydrogen) atoms. The van der Waals surface area contributed by atoms with Crippen LogP contribution in [0.2, 0.25) is 0 Å². The Hall–Kier alpha value is -2.69. The van der Waals surface area contributed by atoms with Crippen molar-refractivity contribution in [1.82, 2.24) is 15.2 Å². The summed E-state index contributed by atoms with van der Waals surface area (Å²) in [5, 5.41) is 13.7. The van der Waals surface area contributed by atoms with Crippen LogP contribution in [0.1, 0.15) is 25.3 Å². The number of piperidine rings is 1. The van der Waals surface area contributed by atoms with E-state index in [2.05, 4.69) is 21.3 Å². The molecule has 0 spiro atoms. The molecule has 2 aromatic rings. The molecule has 1 N–H and O–H groups in total. The fourth-order valence-electron chi connectivity index (χ4n) is 4.38. The lowest BCUT2D eigenvalue weighted by molar-refractivity contribution is -0.149. The predicted molar refractivity (Wildman–Crippen MR) is 112 cm³/mol. The van der Waals surface area contributed by atoms with E-state index >= 15 is 0 Å². The van der Waals surface area contributed by atoms with Crippen LogP contribution in [-0.4, -0.2) is 67.3 Å². The van der Waals surface area contributed by atoms with Gasteiger partial charge in [0.1, 0.15) is 6.07 Å². The van der Waals surface area contributed by atoms with E-state index in [0.717, 1.165) is 37.0 Å². The standard InChI is InChI=1S/C22H27N5O2/c1-15-13-27(19-8-7-16(11-23)21-18(19)6-4-10-25-21)14-20(29-15)22(28)26(2)17-5-3-9-24-12-17/h4,6-8,10,15,17,20,24H,3,5,9,12-14H2,1-2H3/t15-,17-,20-/m1/s1. The summed E-state index contributed by atoms with van der Waals surface area (Å²) in [5.74, 6) is 0.0336. The molecular formula is C22H27N5O2. The van der Waals surface area contributed by atoms with Crippen molar-refractivity contribution in [2.24, 2.45) is 0 Å². The van der Waals surface area contributed by atoms with Gasteiger partial charge in [0.25, 0.3) is 5.91 Å². The summed E-state index contributed by atoms with van der Waals surface area (Å²) in [6.45, 7) is 5.03. The zero-order valence-corrected chi connectivity index (χ0v) is 17.0. The summed E-state index contributed by atoms with van der Waals surface area (Å²) in [7, 11) is 1.88. The van der Waals surface area contributed by atoms with E-state index < -0.39 is 6.10 Å². The Morgan fingerprint density at radius 2 is 2.24 bits per heavy atom. The predicted octanol–water partition coefficient (Wildman–Crippen LogP) is 1.91. The molecule has 0 bridgehead atoms. The normalized spacial score (nSPS) is 24.9. The third kappa shape index (κ3) is 3.91. The Balaban J connectivity index is 1.59. The molecule has 2 aliphatic heterocycles. The maximum atomic E-state index is 13.2. The fourth-order valence-corrected chi connectivity index (χ4v) is 4.38. The van der Waals surface area contributed by atoms with Crippen molar-refractivity contribution in [3.8, 4) is 6.07 Å². The first-order chi connectivity index (χ1) is 14.1. The van der Waals surface area contributed by atoms with E-state index in [1.54, 1.807) is 12.3 Å². The molecule has 0 saturated carbocycles. The van der Waals surface area contributed by atoms with Crippen LogP contribution >= 0.6 is 0 Å². The van der Waals surface area contributed by atoms with Gasteiger partial charge in [0.15, 0.2) is 6.10 Å². The minimum absolute atomic E-state index is 0.0336. The number of amides is 1. The molecule has 1 aromatic carbocycles. The van der Waals surface area contributed by atoms with Crippen LogP contribution in [0.4, 0.5) is 5.69 Å². The highest BCUT2D eigenvalue weighted by Gasteiger charge is 2.35. The van der Waals surface area contributed by atoms with Crippen molar-refractivity contribution in [2.45, 2.75) is 38.0 Å². The first-order valence-electron chi connectivity index (χ1n) is 10.2. The van der Waals surface area contributed by atoms with Crippen LogP contribution in [0.3, 0.4) is 0 Å². The third-order valence-electron chi connectivity index (χ3n) is 5.91. The molecule has 0 radical (unpaired) electrons. The first-order valence-corrected chi connectivity index (χ1v) is 10.2. The molecule has 2 fully saturated rings. The molecule has 4 rings (SSSR count). The number of benzene rings is 1. The largest absolute Gasteiger partial charge is 0.365 e. The molecule has 1 aromatic heterocycles. The molecule has 2 aliphatic rings. The average Bonchev–Trinajstić information content (AvgIpc) is 2.77. The van der Waals surface area contributed by atoms with Gasteiger partial charge in [0.2, 0.25) is 0 Å². The van der Waals surface area contributed by atoms with Crippen LogP contribution in [0.25, 0.3) is 10.9 Å². The summed E-state index contributed by atoms with van der Waals surface area (Å²) >= 11 is 0. The second-order valence-electron chi connectivity index (χ2n) is 7.93. The molecule has 3 heterocycles. The summed E-state index contributed by atoms with van der Waals surface area (Å²) in [6, 6.07) is 10.1. The van der Waals surface area contributed by atoms with Gasteiger partial charge in [-0.1, -0.05) is 0 Å². The number of pyridine rings is 1. The number of aromatic nitrogens is 1. The Bertz CT molecular complexity index is 934. The van der Waals surface area contributed by atoms with Crippen molar-refractivity contribution in [1.29, 1.82) is 5.26 Å². The van der Waals surface area contributed by atoms with Gasteiger partial charge in [-0.05, 0) is 50.6 Å². The Morgan fingerprint density at radius 1 is 1.38 bits per heavy atom. The molecule has 3 atom stereocenters. The number of nitrogens with zero attached hydrogens (tertiary/aromatic N) is 4. The van der Waals surface area contributed by atoms with Gasteiger partial charge in [-0.15, -0.1) is 0 Å².